The standard InChI is InChI=1S/C31H41NO3/c1-34-31(26-13-8-16-29(21-26)35-30(33)18-17-24-11-5-6-12-24)27-14-7-15-28(31)23-32(22-27)20-19-25-9-3-2-4-10-25/h2-4,8-10,13,16,21,24,27-28H,5-7,11-12,14-15,17-20,22-23H2,1H3/t27-,28+,31?. The van der Waals surface area contributed by atoms with E-state index in [9.17, 15) is 4.79 Å². The third-order valence-electron chi connectivity index (χ3n) is 8.92. The predicted octanol–water partition coefficient (Wildman–Crippen LogP) is 6.38. The monoisotopic (exact) mass is 475 g/mol. The minimum absolute atomic E-state index is 0.101. The summed E-state index contributed by atoms with van der Waals surface area (Å²) in [5.74, 6) is 2.17. The lowest BCUT2D eigenvalue weighted by molar-refractivity contribution is -0.168. The molecule has 3 atom stereocenters. The molecular weight excluding hydrogens is 434 g/mol. The fourth-order valence-corrected chi connectivity index (χ4v) is 7.17. The average Bonchev–Trinajstić information content (AvgIpc) is 3.40. The van der Waals surface area contributed by atoms with Crippen LogP contribution in [0.3, 0.4) is 0 Å². The summed E-state index contributed by atoms with van der Waals surface area (Å²) in [5.41, 5.74) is 2.29. The van der Waals surface area contributed by atoms with E-state index in [1.165, 1.54) is 56.1 Å². The highest BCUT2D eigenvalue weighted by Crippen LogP contribution is 2.52. The maximum atomic E-state index is 12.6. The van der Waals surface area contributed by atoms with Gasteiger partial charge in [-0.2, -0.15) is 0 Å². The number of ether oxygens (including phenoxy) is 2. The largest absolute Gasteiger partial charge is 0.427 e. The van der Waals surface area contributed by atoms with Gasteiger partial charge in [0.25, 0.3) is 0 Å². The molecule has 0 aromatic heterocycles. The summed E-state index contributed by atoms with van der Waals surface area (Å²) >= 11 is 0. The Morgan fingerprint density at radius 3 is 2.40 bits per heavy atom. The van der Waals surface area contributed by atoms with E-state index in [1.54, 1.807) is 0 Å². The van der Waals surface area contributed by atoms with Crippen LogP contribution < -0.4 is 4.74 Å². The molecule has 0 spiro atoms. The third kappa shape index (κ3) is 5.49. The Bertz CT molecular complexity index is 954. The summed E-state index contributed by atoms with van der Waals surface area (Å²) in [4.78, 5) is 15.2. The summed E-state index contributed by atoms with van der Waals surface area (Å²) in [6.07, 6.45) is 11.4. The number of benzene rings is 2. The molecule has 0 amide bonds. The fraction of sp³-hybridized carbons (Fsp3) is 0.581. The van der Waals surface area contributed by atoms with Crippen LogP contribution in [0.15, 0.2) is 54.6 Å². The predicted molar refractivity (Wildman–Crippen MR) is 139 cm³/mol. The zero-order valence-electron chi connectivity index (χ0n) is 21.3. The van der Waals surface area contributed by atoms with E-state index in [0.29, 0.717) is 29.9 Å². The molecule has 1 aliphatic heterocycles. The molecule has 2 aromatic carbocycles. The van der Waals surface area contributed by atoms with Crippen LogP contribution >= 0.6 is 0 Å². The Morgan fingerprint density at radius 2 is 1.69 bits per heavy atom. The van der Waals surface area contributed by atoms with E-state index in [-0.39, 0.29) is 11.6 Å². The molecule has 4 heteroatoms. The Morgan fingerprint density at radius 1 is 0.943 bits per heavy atom. The van der Waals surface area contributed by atoms with Gasteiger partial charge < -0.3 is 14.4 Å². The summed E-state index contributed by atoms with van der Waals surface area (Å²) < 4.78 is 12.3. The first-order valence-corrected chi connectivity index (χ1v) is 13.8. The van der Waals surface area contributed by atoms with Crippen molar-refractivity contribution in [1.82, 2.24) is 4.90 Å². The second-order valence-electron chi connectivity index (χ2n) is 11.0. The first kappa shape index (κ1) is 24.5. The van der Waals surface area contributed by atoms with Crippen molar-refractivity contribution in [1.29, 1.82) is 0 Å². The molecule has 3 aliphatic rings. The van der Waals surface area contributed by atoms with Gasteiger partial charge in [0.1, 0.15) is 11.4 Å². The Hall–Kier alpha value is -2.17. The Labute approximate surface area is 211 Å². The van der Waals surface area contributed by atoms with Gasteiger partial charge in [0.15, 0.2) is 0 Å². The quantitative estimate of drug-likeness (QED) is 0.312. The molecule has 1 heterocycles. The maximum Gasteiger partial charge on any atom is 0.311 e. The van der Waals surface area contributed by atoms with E-state index < -0.39 is 0 Å². The topological polar surface area (TPSA) is 38.8 Å². The van der Waals surface area contributed by atoms with Gasteiger partial charge in [-0.15, -0.1) is 0 Å². The highest BCUT2D eigenvalue weighted by atomic mass is 16.5. The van der Waals surface area contributed by atoms with Crippen LogP contribution in [0.2, 0.25) is 0 Å². The molecular formula is C31H41NO3. The van der Waals surface area contributed by atoms with Crippen LogP contribution in [0.4, 0.5) is 0 Å². The molecule has 188 valence electrons. The molecule has 2 bridgehead atoms. The number of carbonyl (C=O) groups excluding carboxylic acids is 1. The lowest BCUT2D eigenvalue weighted by Gasteiger charge is -2.55. The molecule has 1 unspecified atom stereocenters. The first-order chi connectivity index (χ1) is 17.2. The second kappa shape index (κ2) is 11.3. The van der Waals surface area contributed by atoms with E-state index in [0.717, 1.165) is 32.5 Å². The third-order valence-corrected chi connectivity index (χ3v) is 8.92. The second-order valence-corrected chi connectivity index (χ2v) is 11.0. The SMILES string of the molecule is COC1(c2cccc(OC(=O)CCC3CCCC3)c2)[C@@H]2CCC[C@H]1CN(CCc1ccccc1)C2. The number of hydrogen-bond donors (Lipinski definition) is 0. The molecule has 2 saturated carbocycles. The van der Waals surface area contributed by atoms with Gasteiger partial charge in [0, 0.05) is 45.0 Å². The van der Waals surface area contributed by atoms with Crippen molar-refractivity contribution in [2.45, 2.75) is 69.8 Å². The van der Waals surface area contributed by atoms with Crippen molar-refractivity contribution >= 4 is 5.97 Å². The summed E-state index contributed by atoms with van der Waals surface area (Å²) in [6.45, 7) is 3.21. The average molecular weight is 476 g/mol. The lowest BCUT2D eigenvalue weighted by atomic mass is 9.62. The molecule has 2 aromatic rings. The van der Waals surface area contributed by atoms with Gasteiger partial charge in [-0.05, 0) is 54.9 Å². The number of methoxy groups -OCH3 is 1. The molecule has 5 rings (SSSR count). The molecule has 1 saturated heterocycles. The zero-order valence-corrected chi connectivity index (χ0v) is 21.3. The van der Waals surface area contributed by atoms with Crippen molar-refractivity contribution in [3.8, 4) is 5.75 Å². The van der Waals surface area contributed by atoms with E-state index in [2.05, 4.69) is 47.4 Å². The molecule has 0 N–H and O–H groups in total. The van der Waals surface area contributed by atoms with Crippen molar-refractivity contribution in [3.63, 3.8) is 0 Å². The number of likely N-dealkylation sites (tertiary alicyclic amines) is 1. The molecule has 2 aliphatic carbocycles. The van der Waals surface area contributed by atoms with Gasteiger partial charge in [-0.1, -0.05) is 74.6 Å². The van der Waals surface area contributed by atoms with Crippen molar-refractivity contribution in [2.75, 3.05) is 26.7 Å². The number of hydrogen-bond acceptors (Lipinski definition) is 4. The molecule has 0 radical (unpaired) electrons. The van der Waals surface area contributed by atoms with Crippen LogP contribution in [-0.2, 0) is 21.6 Å². The number of carbonyl (C=O) groups is 1. The first-order valence-electron chi connectivity index (χ1n) is 13.8. The van der Waals surface area contributed by atoms with Crippen LogP contribution in [0.5, 0.6) is 5.75 Å². The smallest absolute Gasteiger partial charge is 0.311 e. The minimum Gasteiger partial charge on any atom is -0.427 e. The number of esters is 1. The number of piperidine rings is 1. The van der Waals surface area contributed by atoms with Crippen LogP contribution in [-0.4, -0.2) is 37.6 Å². The lowest BCUT2D eigenvalue weighted by Crippen LogP contribution is -2.59. The van der Waals surface area contributed by atoms with Gasteiger partial charge in [0.05, 0.1) is 0 Å². The number of rotatable bonds is 9. The zero-order chi connectivity index (χ0) is 24.1. The fourth-order valence-electron chi connectivity index (χ4n) is 7.17. The molecule has 3 fully saturated rings. The minimum atomic E-state index is -0.298. The summed E-state index contributed by atoms with van der Waals surface area (Å²) in [7, 11) is 1.88. The number of nitrogens with zero attached hydrogens (tertiary/aromatic N) is 1. The van der Waals surface area contributed by atoms with Crippen LogP contribution in [0, 0.1) is 17.8 Å². The Balaban J connectivity index is 1.26. The summed E-state index contributed by atoms with van der Waals surface area (Å²) in [6, 6.07) is 19.0. The van der Waals surface area contributed by atoms with Crippen molar-refractivity contribution < 1.29 is 14.3 Å². The highest BCUT2D eigenvalue weighted by Gasteiger charge is 2.53. The van der Waals surface area contributed by atoms with E-state index >= 15 is 0 Å². The summed E-state index contributed by atoms with van der Waals surface area (Å²) in [5, 5.41) is 0. The maximum absolute atomic E-state index is 12.6. The Kier molecular flexibility index (Phi) is 7.89. The van der Waals surface area contributed by atoms with E-state index in [1.807, 2.05) is 19.2 Å². The van der Waals surface area contributed by atoms with Gasteiger partial charge in [-0.3, -0.25) is 4.79 Å². The highest BCUT2D eigenvalue weighted by molar-refractivity contribution is 5.72. The van der Waals surface area contributed by atoms with Gasteiger partial charge >= 0.3 is 5.97 Å². The van der Waals surface area contributed by atoms with Crippen molar-refractivity contribution in [2.24, 2.45) is 17.8 Å². The molecule has 35 heavy (non-hydrogen) atoms. The van der Waals surface area contributed by atoms with Crippen molar-refractivity contribution in [3.05, 3.63) is 65.7 Å². The van der Waals surface area contributed by atoms with E-state index in [4.69, 9.17) is 9.47 Å². The van der Waals surface area contributed by atoms with Crippen LogP contribution in [0.1, 0.15) is 68.9 Å². The number of fused-ring (bicyclic) bond motifs is 2. The normalized spacial score (nSPS) is 27.1. The van der Waals surface area contributed by atoms with Crippen LogP contribution in [0.25, 0.3) is 0 Å². The molecule has 4 nitrogen and oxygen atoms in total. The van der Waals surface area contributed by atoms with Gasteiger partial charge in [-0.25, -0.2) is 0 Å². The van der Waals surface area contributed by atoms with Gasteiger partial charge in [0.2, 0.25) is 0 Å².